The number of hydrogen-bond donors (Lipinski definition) is 3. The van der Waals surface area contributed by atoms with Gasteiger partial charge in [0, 0.05) is 19.2 Å². The maximum atomic E-state index is 13.4. The third-order valence-corrected chi connectivity index (χ3v) is 5.01. The van der Waals surface area contributed by atoms with E-state index in [1.54, 1.807) is 31.1 Å². The lowest BCUT2D eigenvalue weighted by atomic mass is 9.92. The summed E-state index contributed by atoms with van der Waals surface area (Å²) in [7, 11) is 1.73. The molecule has 3 N–H and O–H groups in total. The number of aliphatic hydroxyl groups is 3. The number of aromatic nitrogens is 2. The number of anilines is 1. The highest BCUT2D eigenvalue weighted by molar-refractivity contribution is 5.39. The van der Waals surface area contributed by atoms with Crippen molar-refractivity contribution in [1.82, 2.24) is 9.97 Å². The third kappa shape index (κ3) is 3.40. The van der Waals surface area contributed by atoms with Gasteiger partial charge in [0.1, 0.15) is 17.7 Å². The van der Waals surface area contributed by atoms with Crippen LogP contribution in [0.5, 0.6) is 0 Å². The Kier molecular flexibility index (Phi) is 5.17. The molecule has 8 heteroatoms. The summed E-state index contributed by atoms with van der Waals surface area (Å²) >= 11 is 0. The van der Waals surface area contributed by atoms with Crippen LogP contribution in [0.25, 0.3) is 0 Å². The molecule has 1 aromatic carbocycles. The van der Waals surface area contributed by atoms with Crippen LogP contribution in [0.2, 0.25) is 0 Å². The molecule has 0 saturated heterocycles. The molecule has 26 heavy (non-hydrogen) atoms. The van der Waals surface area contributed by atoms with E-state index in [4.69, 9.17) is 0 Å². The highest BCUT2D eigenvalue weighted by Gasteiger charge is 2.46. The van der Waals surface area contributed by atoms with Crippen molar-refractivity contribution >= 4 is 5.82 Å². The number of aryl methyl sites for hydroxylation is 1. The van der Waals surface area contributed by atoms with Gasteiger partial charge in [-0.1, -0.05) is 6.07 Å². The van der Waals surface area contributed by atoms with Crippen molar-refractivity contribution < 1.29 is 24.1 Å². The Labute approximate surface area is 149 Å². The molecule has 1 aromatic heterocycles. The summed E-state index contributed by atoms with van der Waals surface area (Å²) in [4.78, 5) is 10.0. The predicted molar refractivity (Wildman–Crippen MR) is 90.4 cm³/mol. The van der Waals surface area contributed by atoms with Gasteiger partial charge in [-0.05, 0) is 37.1 Å². The minimum Gasteiger partial charge on any atom is -0.390 e. The number of benzene rings is 1. The molecular weight excluding hydrogens is 344 g/mol. The normalized spacial score (nSPS) is 26.7. The van der Waals surface area contributed by atoms with E-state index in [0.717, 1.165) is 12.1 Å². The molecule has 0 amide bonds. The van der Waals surface area contributed by atoms with Crippen LogP contribution < -0.4 is 4.90 Å². The van der Waals surface area contributed by atoms with Gasteiger partial charge < -0.3 is 20.2 Å². The zero-order valence-electron chi connectivity index (χ0n) is 14.4. The van der Waals surface area contributed by atoms with Crippen molar-refractivity contribution in [3.05, 3.63) is 53.5 Å². The molecule has 5 atom stereocenters. The van der Waals surface area contributed by atoms with E-state index in [2.05, 4.69) is 9.97 Å². The van der Waals surface area contributed by atoms with Gasteiger partial charge in [0.2, 0.25) is 0 Å². The molecule has 1 saturated carbocycles. The van der Waals surface area contributed by atoms with Crippen molar-refractivity contribution in [2.24, 2.45) is 5.92 Å². The molecule has 0 bridgehead atoms. The van der Waals surface area contributed by atoms with Gasteiger partial charge in [-0.3, -0.25) is 0 Å². The Balaban J connectivity index is 1.81. The van der Waals surface area contributed by atoms with Gasteiger partial charge in [-0.25, -0.2) is 18.7 Å². The SMILES string of the molecule is Cc1nccc(N(C)[C@@H]2C[C@H]([C@H](O)c3ccc(F)c(F)c3)[C@@H](O)[C@H]2O)n1. The average Bonchev–Trinajstić information content (AvgIpc) is 2.91. The molecule has 0 unspecified atom stereocenters. The van der Waals surface area contributed by atoms with Crippen molar-refractivity contribution in [2.45, 2.75) is 37.7 Å². The Morgan fingerprint density at radius 2 is 1.88 bits per heavy atom. The molecule has 1 fully saturated rings. The van der Waals surface area contributed by atoms with E-state index in [9.17, 15) is 24.1 Å². The third-order valence-electron chi connectivity index (χ3n) is 5.01. The summed E-state index contributed by atoms with van der Waals surface area (Å²) in [5, 5.41) is 31.4. The molecular formula is C18H21F2N3O3. The van der Waals surface area contributed by atoms with Gasteiger partial charge in [0.15, 0.2) is 11.6 Å². The van der Waals surface area contributed by atoms with Crippen molar-refractivity contribution in [1.29, 1.82) is 0 Å². The largest absolute Gasteiger partial charge is 0.390 e. The maximum absolute atomic E-state index is 13.4. The van der Waals surface area contributed by atoms with E-state index in [0.29, 0.717) is 11.6 Å². The van der Waals surface area contributed by atoms with Gasteiger partial charge in [0.25, 0.3) is 0 Å². The van der Waals surface area contributed by atoms with E-state index in [-0.39, 0.29) is 12.0 Å². The fraction of sp³-hybridized carbons (Fsp3) is 0.444. The molecule has 0 aliphatic heterocycles. The number of nitrogens with zero attached hydrogens (tertiary/aromatic N) is 3. The second-order valence-corrected chi connectivity index (χ2v) is 6.64. The molecule has 1 heterocycles. The zero-order valence-corrected chi connectivity index (χ0v) is 14.4. The van der Waals surface area contributed by atoms with Crippen LogP contribution in [0.3, 0.4) is 0 Å². The first-order valence-electron chi connectivity index (χ1n) is 8.31. The number of hydrogen-bond acceptors (Lipinski definition) is 6. The van der Waals surface area contributed by atoms with Gasteiger partial charge in [0.05, 0.1) is 18.2 Å². The quantitative estimate of drug-likeness (QED) is 0.758. The van der Waals surface area contributed by atoms with Crippen LogP contribution in [0.15, 0.2) is 30.5 Å². The Morgan fingerprint density at radius 1 is 1.15 bits per heavy atom. The van der Waals surface area contributed by atoms with Gasteiger partial charge in [-0.15, -0.1) is 0 Å². The van der Waals surface area contributed by atoms with Crippen LogP contribution in [0.4, 0.5) is 14.6 Å². The second-order valence-electron chi connectivity index (χ2n) is 6.64. The van der Waals surface area contributed by atoms with Gasteiger partial charge >= 0.3 is 0 Å². The van der Waals surface area contributed by atoms with Crippen LogP contribution in [-0.4, -0.2) is 50.6 Å². The zero-order chi connectivity index (χ0) is 19.0. The summed E-state index contributed by atoms with van der Waals surface area (Å²) < 4.78 is 26.5. The number of rotatable bonds is 4. The highest BCUT2D eigenvalue weighted by atomic mass is 19.2. The summed E-state index contributed by atoms with van der Waals surface area (Å²) in [6, 6.07) is 4.30. The molecule has 0 spiro atoms. The predicted octanol–water partition coefficient (Wildman–Crippen LogP) is 1.34. The lowest BCUT2D eigenvalue weighted by molar-refractivity contribution is -0.0232. The molecule has 1 aliphatic carbocycles. The van der Waals surface area contributed by atoms with Gasteiger partial charge in [-0.2, -0.15) is 0 Å². The van der Waals surface area contributed by atoms with E-state index >= 15 is 0 Å². The van der Waals surface area contributed by atoms with E-state index in [1.807, 2.05) is 0 Å². The van der Waals surface area contributed by atoms with E-state index < -0.39 is 41.9 Å². The minimum absolute atomic E-state index is 0.154. The number of aliphatic hydroxyl groups excluding tert-OH is 3. The molecule has 2 aromatic rings. The average molecular weight is 365 g/mol. The Hall–Kier alpha value is -2.16. The second kappa shape index (κ2) is 7.22. The monoisotopic (exact) mass is 365 g/mol. The number of halogens is 2. The summed E-state index contributed by atoms with van der Waals surface area (Å²) in [5.41, 5.74) is 0.154. The van der Waals surface area contributed by atoms with Crippen LogP contribution in [-0.2, 0) is 0 Å². The first kappa shape index (κ1) is 18.6. The molecule has 6 nitrogen and oxygen atoms in total. The fourth-order valence-electron chi connectivity index (χ4n) is 3.50. The van der Waals surface area contributed by atoms with Crippen LogP contribution >= 0.6 is 0 Å². The lowest BCUT2D eigenvalue weighted by Gasteiger charge is -2.28. The smallest absolute Gasteiger partial charge is 0.159 e. The maximum Gasteiger partial charge on any atom is 0.159 e. The lowest BCUT2D eigenvalue weighted by Crippen LogP contribution is -2.42. The molecule has 1 aliphatic rings. The fourth-order valence-corrected chi connectivity index (χ4v) is 3.50. The topological polar surface area (TPSA) is 89.7 Å². The highest BCUT2D eigenvalue weighted by Crippen LogP contribution is 2.39. The van der Waals surface area contributed by atoms with Crippen molar-refractivity contribution in [3.63, 3.8) is 0 Å². The first-order chi connectivity index (χ1) is 12.3. The molecule has 140 valence electrons. The Morgan fingerprint density at radius 3 is 2.54 bits per heavy atom. The summed E-state index contributed by atoms with van der Waals surface area (Å²) in [6.45, 7) is 1.74. The minimum atomic E-state index is -1.24. The summed E-state index contributed by atoms with van der Waals surface area (Å²) in [6.07, 6.45) is -1.73. The standard InChI is InChI=1S/C18H21F2N3O3/c1-9-21-6-5-15(22-9)23(2)14-8-11(17(25)18(14)26)16(24)10-3-4-12(19)13(20)7-10/h3-7,11,14,16-18,24-26H,8H2,1-2H3/t11-,14-,16-,17-,18+/m1/s1. The van der Waals surface area contributed by atoms with Crippen LogP contribution in [0, 0.1) is 24.5 Å². The Bertz CT molecular complexity index is 792. The molecule has 0 radical (unpaired) electrons. The molecule has 3 rings (SSSR count). The van der Waals surface area contributed by atoms with E-state index in [1.165, 1.54) is 6.07 Å². The van der Waals surface area contributed by atoms with Crippen molar-refractivity contribution in [2.75, 3.05) is 11.9 Å². The first-order valence-corrected chi connectivity index (χ1v) is 8.31. The summed E-state index contributed by atoms with van der Waals surface area (Å²) in [5.74, 6) is -1.66. The number of likely N-dealkylation sites (N-methyl/N-ethyl adjacent to an activating group) is 1. The van der Waals surface area contributed by atoms with Crippen LogP contribution in [0.1, 0.15) is 23.9 Å². The van der Waals surface area contributed by atoms with Crippen molar-refractivity contribution in [3.8, 4) is 0 Å².